The Bertz CT molecular complexity index is 377. The molecule has 4 heteroatoms. The second kappa shape index (κ2) is 4.42. The second-order valence-corrected chi connectivity index (χ2v) is 3.67. The fourth-order valence-corrected chi connectivity index (χ4v) is 1.88. The van der Waals surface area contributed by atoms with Crippen LogP contribution in [0.1, 0.15) is 21.5 Å². The van der Waals surface area contributed by atoms with E-state index in [0.29, 0.717) is 5.56 Å². The van der Waals surface area contributed by atoms with E-state index in [1.807, 2.05) is 12.1 Å². The van der Waals surface area contributed by atoms with Crippen LogP contribution in [0.15, 0.2) is 18.2 Å². The van der Waals surface area contributed by atoms with Crippen LogP contribution in [0.5, 0.6) is 0 Å². The Balaban J connectivity index is 2.31. The molecular formula is C11H14N2O2. The highest BCUT2D eigenvalue weighted by Crippen LogP contribution is 2.15. The average molecular weight is 206 g/mol. The Morgan fingerprint density at radius 2 is 2.00 bits per heavy atom. The van der Waals surface area contributed by atoms with Gasteiger partial charge in [0.05, 0.1) is 0 Å². The molecule has 0 fully saturated rings. The Morgan fingerprint density at radius 3 is 2.73 bits per heavy atom. The summed E-state index contributed by atoms with van der Waals surface area (Å²) in [4.78, 5) is 11.2. The third-order valence-electron chi connectivity index (χ3n) is 2.71. The van der Waals surface area contributed by atoms with Gasteiger partial charge in [-0.3, -0.25) is 10.0 Å². The minimum Gasteiger partial charge on any atom is -0.316 e. The molecule has 0 bridgehead atoms. The van der Waals surface area contributed by atoms with Gasteiger partial charge in [-0.15, -0.1) is 0 Å². The van der Waals surface area contributed by atoms with Crippen molar-refractivity contribution >= 4 is 5.91 Å². The number of amides is 1. The van der Waals surface area contributed by atoms with Gasteiger partial charge in [-0.1, -0.05) is 6.07 Å². The Labute approximate surface area is 88.3 Å². The molecule has 0 atom stereocenters. The Hall–Kier alpha value is -1.39. The molecule has 1 aliphatic rings. The van der Waals surface area contributed by atoms with E-state index >= 15 is 0 Å². The fourth-order valence-electron chi connectivity index (χ4n) is 1.88. The number of rotatable bonds is 1. The molecule has 2 rings (SSSR count). The molecule has 1 aliphatic heterocycles. The van der Waals surface area contributed by atoms with Crippen LogP contribution in [-0.4, -0.2) is 24.2 Å². The average Bonchev–Trinajstić information content (AvgIpc) is 2.51. The zero-order valence-corrected chi connectivity index (χ0v) is 8.42. The first-order chi connectivity index (χ1) is 7.31. The molecule has 1 aromatic carbocycles. The lowest BCUT2D eigenvalue weighted by atomic mass is 10.00. The molecule has 4 nitrogen and oxygen atoms in total. The number of carbonyl (C=O) groups excluding carboxylic acids is 1. The van der Waals surface area contributed by atoms with Gasteiger partial charge in [-0.05, 0) is 49.2 Å². The highest BCUT2D eigenvalue weighted by atomic mass is 16.5. The molecule has 0 aromatic heterocycles. The first-order valence-corrected chi connectivity index (χ1v) is 5.08. The predicted octanol–water partition coefficient (Wildman–Crippen LogP) is 0.494. The molecule has 0 aliphatic carbocycles. The van der Waals surface area contributed by atoms with Gasteiger partial charge in [0.1, 0.15) is 0 Å². The molecule has 3 N–H and O–H groups in total. The molecule has 1 heterocycles. The van der Waals surface area contributed by atoms with E-state index in [1.54, 1.807) is 11.5 Å². The number of nitrogens with one attached hydrogen (secondary N) is 2. The van der Waals surface area contributed by atoms with Crippen molar-refractivity contribution in [3.8, 4) is 0 Å². The molecule has 0 saturated heterocycles. The van der Waals surface area contributed by atoms with Gasteiger partial charge < -0.3 is 5.32 Å². The summed E-state index contributed by atoms with van der Waals surface area (Å²) in [6, 6.07) is 5.57. The fraction of sp³-hybridized carbons (Fsp3) is 0.364. The molecule has 0 unspecified atom stereocenters. The highest BCUT2D eigenvalue weighted by molar-refractivity contribution is 5.93. The van der Waals surface area contributed by atoms with Crippen molar-refractivity contribution in [2.75, 3.05) is 13.1 Å². The van der Waals surface area contributed by atoms with Gasteiger partial charge in [0.2, 0.25) is 0 Å². The molecule has 1 amide bonds. The zero-order valence-electron chi connectivity index (χ0n) is 8.42. The van der Waals surface area contributed by atoms with E-state index in [1.165, 1.54) is 11.1 Å². The smallest absolute Gasteiger partial charge is 0.274 e. The lowest BCUT2D eigenvalue weighted by molar-refractivity contribution is 0.0706. The molecule has 0 radical (unpaired) electrons. The monoisotopic (exact) mass is 206 g/mol. The summed E-state index contributed by atoms with van der Waals surface area (Å²) in [6.07, 6.45) is 1.93. The van der Waals surface area contributed by atoms with Crippen molar-refractivity contribution in [1.29, 1.82) is 0 Å². The highest BCUT2D eigenvalue weighted by Gasteiger charge is 2.10. The zero-order chi connectivity index (χ0) is 10.7. The number of carbonyl (C=O) groups is 1. The van der Waals surface area contributed by atoms with Gasteiger partial charge >= 0.3 is 0 Å². The van der Waals surface area contributed by atoms with Crippen LogP contribution in [0, 0.1) is 0 Å². The SMILES string of the molecule is O=C(NO)c1ccc2c(c1)CCNCC2. The maximum absolute atomic E-state index is 11.2. The minimum atomic E-state index is -0.449. The Morgan fingerprint density at radius 1 is 1.27 bits per heavy atom. The molecule has 80 valence electrons. The van der Waals surface area contributed by atoms with Gasteiger partial charge in [0.25, 0.3) is 5.91 Å². The standard InChI is InChI=1S/C11H14N2O2/c14-11(13-15)10-2-1-8-3-5-12-6-4-9(8)7-10/h1-2,7,12,15H,3-6H2,(H,13,14). The van der Waals surface area contributed by atoms with Crippen LogP contribution in [-0.2, 0) is 12.8 Å². The lowest BCUT2D eigenvalue weighted by Crippen LogP contribution is -2.19. The van der Waals surface area contributed by atoms with Crippen LogP contribution in [0.25, 0.3) is 0 Å². The van der Waals surface area contributed by atoms with Crippen molar-refractivity contribution < 1.29 is 10.0 Å². The number of hydrogen-bond acceptors (Lipinski definition) is 3. The van der Waals surface area contributed by atoms with Crippen molar-refractivity contribution in [3.05, 3.63) is 34.9 Å². The largest absolute Gasteiger partial charge is 0.316 e. The van der Waals surface area contributed by atoms with Gasteiger partial charge in [-0.25, -0.2) is 5.48 Å². The van der Waals surface area contributed by atoms with E-state index in [-0.39, 0.29) is 0 Å². The van der Waals surface area contributed by atoms with Crippen molar-refractivity contribution in [3.63, 3.8) is 0 Å². The summed E-state index contributed by atoms with van der Waals surface area (Å²) in [6.45, 7) is 1.93. The maximum atomic E-state index is 11.2. The van der Waals surface area contributed by atoms with Gasteiger partial charge in [0, 0.05) is 5.56 Å². The maximum Gasteiger partial charge on any atom is 0.274 e. The number of hydroxylamine groups is 1. The van der Waals surface area contributed by atoms with E-state index in [2.05, 4.69) is 5.32 Å². The first kappa shape index (κ1) is 10.1. The van der Waals surface area contributed by atoms with Gasteiger partial charge in [-0.2, -0.15) is 0 Å². The van der Waals surface area contributed by atoms with Crippen molar-refractivity contribution in [2.24, 2.45) is 0 Å². The second-order valence-electron chi connectivity index (χ2n) is 3.67. The normalized spacial score (nSPS) is 15.3. The van der Waals surface area contributed by atoms with Crippen LogP contribution in [0.4, 0.5) is 0 Å². The molecular weight excluding hydrogens is 192 g/mol. The van der Waals surface area contributed by atoms with E-state index in [4.69, 9.17) is 5.21 Å². The minimum absolute atomic E-state index is 0.449. The van der Waals surface area contributed by atoms with Crippen LogP contribution in [0.3, 0.4) is 0 Å². The molecule has 0 saturated carbocycles. The van der Waals surface area contributed by atoms with Crippen LogP contribution < -0.4 is 10.8 Å². The number of hydrogen-bond donors (Lipinski definition) is 3. The summed E-state index contributed by atoms with van der Waals surface area (Å²) in [5.41, 5.74) is 4.64. The van der Waals surface area contributed by atoms with E-state index in [9.17, 15) is 4.79 Å². The summed E-state index contributed by atoms with van der Waals surface area (Å²) >= 11 is 0. The summed E-state index contributed by atoms with van der Waals surface area (Å²) in [5, 5.41) is 11.8. The van der Waals surface area contributed by atoms with Crippen molar-refractivity contribution in [1.82, 2.24) is 10.8 Å². The molecule has 0 spiro atoms. The van der Waals surface area contributed by atoms with Crippen LogP contribution in [0.2, 0.25) is 0 Å². The molecule has 15 heavy (non-hydrogen) atoms. The quantitative estimate of drug-likeness (QED) is 0.463. The topological polar surface area (TPSA) is 61.4 Å². The van der Waals surface area contributed by atoms with Gasteiger partial charge in [0.15, 0.2) is 0 Å². The number of fused-ring (bicyclic) bond motifs is 1. The first-order valence-electron chi connectivity index (χ1n) is 5.08. The number of benzene rings is 1. The molecule has 1 aromatic rings. The van der Waals surface area contributed by atoms with E-state index < -0.39 is 5.91 Å². The summed E-state index contributed by atoms with van der Waals surface area (Å²) < 4.78 is 0. The third kappa shape index (κ3) is 2.16. The lowest BCUT2D eigenvalue weighted by Gasteiger charge is -2.06. The Kier molecular flexibility index (Phi) is 2.99. The van der Waals surface area contributed by atoms with Crippen LogP contribution >= 0.6 is 0 Å². The van der Waals surface area contributed by atoms with E-state index in [0.717, 1.165) is 25.9 Å². The summed E-state index contributed by atoms with van der Waals surface area (Å²) in [7, 11) is 0. The third-order valence-corrected chi connectivity index (χ3v) is 2.71. The van der Waals surface area contributed by atoms with Crippen molar-refractivity contribution in [2.45, 2.75) is 12.8 Å². The summed E-state index contributed by atoms with van der Waals surface area (Å²) in [5.74, 6) is -0.449. The predicted molar refractivity (Wildman–Crippen MR) is 56.0 cm³/mol.